The summed E-state index contributed by atoms with van der Waals surface area (Å²) in [4.78, 5) is 36.9. The van der Waals surface area contributed by atoms with Crippen molar-refractivity contribution in [3.63, 3.8) is 0 Å². The van der Waals surface area contributed by atoms with Crippen LogP contribution in [0.4, 0.5) is 0 Å². The number of piperidine rings is 1. The molecule has 1 aromatic carbocycles. The minimum absolute atomic E-state index is 0.0304. The van der Waals surface area contributed by atoms with Crippen LogP contribution in [0.25, 0.3) is 5.69 Å². The van der Waals surface area contributed by atoms with Gasteiger partial charge in [-0.2, -0.15) is 11.8 Å². The third-order valence-corrected chi connectivity index (χ3v) is 7.73. The number of nitrogens with zero attached hydrogens (tertiary/aromatic N) is 4. The SMILES string of the molecule is Cc1ccc(C(=O)NCCSCc2ccco2)c(C2CCN(C(=O)c3ccc(-n4ccnc4)cc3)CC2)n1. The summed E-state index contributed by atoms with van der Waals surface area (Å²) in [6.07, 6.45) is 8.55. The third kappa shape index (κ3) is 6.16. The molecule has 0 unspecified atom stereocenters. The van der Waals surface area contributed by atoms with Crippen LogP contribution in [0, 0.1) is 6.92 Å². The van der Waals surface area contributed by atoms with Crippen LogP contribution in [0.5, 0.6) is 0 Å². The molecule has 9 heteroatoms. The Morgan fingerprint density at radius 2 is 1.92 bits per heavy atom. The van der Waals surface area contributed by atoms with Gasteiger partial charge < -0.3 is 19.2 Å². The van der Waals surface area contributed by atoms with Gasteiger partial charge in [0.2, 0.25) is 0 Å². The summed E-state index contributed by atoms with van der Waals surface area (Å²) >= 11 is 1.72. The molecule has 0 bridgehead atoms. The van der Waals surface area contributed by atoms with E-state index in [1.54, 1.807) is 30.5 Å². The highest BCUT2D eigenvalue weighted by molar-refractivity contribution is 7.98. The van der Waals surface area contributed by atoms with Gasteiger partial charge in [0.15, 0.2) is 0 Å². The quantitative estimate of drug-likeness (QED) is 0.312. The number of hydrogen-bond donors (Lipinski definition) is 1. The number of carbonyl (C=O) groups excluding carboxylic acids is 2. The summed E-state index contributed by atoms with van der Waals surface area (Å²) < 4.78 is 7.25. The third-order valence-electron chi connectivity index (χ3n) is 6.75. The molecule has 1 N–H and O–H groups in total. The number of nitrogens with one attached hydrogen (secondary N) is 1. The summed E-state index contributed by atoms with van der Waals surface area (Å²) in [5.41, 5.74) is 3.99. The van der Waals surface area contributed by atoms with Gasteiger partial charge in [0.25, 0.3) is 11.8 Å². The molecule has 0 saturated carbocycles. The number of rotatable bonds is 9. The fourth-order valence-corrected chi connectivity index (χ4v) is 5.46. The van der Waals surface area contributed by atoms with Crippen molar-refractivity contribution in [2.24, 2.45) is 0 Å². The molecule has 196 valence electrons. The fourth-order valence-electron chi connectivity index (χ4n) is 4.71. The van der Waals surface area contributed by atoms with Crippen molar-refractivity contribution in [2.45, 2.75) is 31.4 Å². The number of aromatic nitrogens is 3. The number of benzene rings is 1. The van der Waals surface area contributed by atoms with Gasteiger partial charge in [-0.3, -0.25) is 14.6 Å². The van der Waals surface area contributed by atoms with Crippen molar-refractivity contribution < 1.29 is 14.0 Å². The molecule has 3 aromatic heterocycles. The van der Waals surface area contributed by atoms with Crippen molar-refractivity contribution >= 4 is 23.6 Å². The molecular formula is C29H31N5O3S. The minimum Gasteiger partial charge on any atom is -0.468 e. The maximum Gasteiger partial charge on any atom is 0.253 e. The van der Waals surface area contributed by atoms with Crippen LogP contribution in [0.1, 0.15) is 56.6 Å². The Morgan fingerprint density at radius 3 is 2.63 bits per heavy atom. The second kappa shape index (κ2) is 12.1. The molecule has 38 heavy (non-hydrogen) atoms. The van der Waals surface area contributed by atoms with E-state index in [0.717, 1.165) is 47.2 Å². The molecule has 1 aliphatic rings. The van der Waals surface area contributed by atoms with Gasteiger partial charge in [-0.05, 0) is 68.3 Å². The number of aryl methyl sites for hydroxylation is 1. The van der Waals surface area contributed by atoms with Gasteiger partial charge in [0, 0.05) is 60.6 Å². The van der Waals surface area contributed by atoms with Crippen molar-refractivity contribution in [3.8, 4) is 5.69 Å². The van der Waals surface area contributed by atoms with E-state index < -0.39 is 0 Å². The highest BCUT2D eigenvalue weighted by Gasteiger charge is 2.28. The maximum atomic E-state index is 13.1. The van der Waals surface area contributed by atoms with E-state index in [0.29, 0.717) is 30.8 Å². The smallest absolute Gasteiger partial charge is 0.253 e. The molecule has 0 spiro atoms. The number of likely N-dealkylation sites (tertiary alicyclic amines) is 1. The van der Waals surface area contributed by atoms with Crippen molar-refractivity contribution in [1.82, 2.24) is 24.8 Å². The Hall–Kier alpha value is -3.85. The van der Waals surface area contributed by atoms with Crippen LogP contribution in [-0.2, 0) is 5.75 Å². The lowest BCUT2D eigenvalue weighted by atomic mass is 9.89. The standard InChI is InChI=1S/C29H31N5O3S/c1-21-4-9-26(28(35)31-13-18-38-19-25-3-2-17-37-25)27(32-21)22-10-14-33(15-11-22)29(36)23-5-7-24(8-6-23)34-16-12-30-20-34/h2-9,12,16-17,20,22H,10-11,13-15,18-19H2,1H3,(H,31,35). The summed E-state index contributed by atoms with van der Waals surface area (Å²) in [7, 11) is 0. The molecule has 1 saturated heterocycles. The number of amides is 2. The van der Waals surface area contributed by atoms with Gasteiger partial charge >= 0.3 is 0 Å². The zero-order valence-corrected chi connectivity index (χ0v) is 22.2. The van der Waals surface area contributed by atoms with E-state index >= 15 is 0 Å². The molecule has 5 rings (SSSR count). The second-order valence-electron chi connectivity index (χ2n) is 9.36. The molecule has 8 nitrogen and oxygen atoms in total. The zero-order valence-electron chi connectivity index (χ0n) is 21.4. The first kappa shape index (κ1) is 25.8. The first-order valence-electron chi connectivity index (χ1n) is 12.8. The average Bonchev–Trinajstić information content (AvgIpc) is 3.68. The van der Waals surface area contributed by atoms with Crippen molar-refractivity contribution in [3.05, 3.63) is 102 Å². The molecule has 1 aliphatic heterocycles. The van der Waals surface area contributed by atoms with Crippen LogP contribution < -0.4 is 5.32 Å². The lowest BCUT2D eigenvalue weighted by Gasteiger charge is -2.32. The first-order chi connectivity index (χ1) is 18.6. The summed E-state index contributed by atoms with van der Waals surface area (Å²) in [6, 6.07) is 15.2. The summed E-state index contributed by atoms with van der Waals surface area (Å²) in [5.74, 6) is 2.58. The first-order valence-corrected chi connectivity index (χ1v) is 14.0. The molecule has 0 atom stereocenters. The highest BCUT2D eigenvalue weighted by atomic mass is 32.2. The second-order valence-corrected chi connectivity index (χ2v) is 10.5. The number of pyridine rings is 1. The fraction of sp³-hybridized carbons (Fsp3) is 0.310. The van der Waals surface area contributed by atoms with Crippen LogP contribution in [-0.4, -0.2) is 56.6 Å². The Bertz CT molecular complexity index is 1350. The monoisotopic (exact) mass is 529 g/mol. The van der Waals surface area contributed by atoms with E-state index in [-0.39, 0.29) is 17.7 Å². The molecule has 0 radical (unpaired) electrons. The molecule has 2 amide bonds. The molecule has 4 aromatic rings. The van der Waals surface area contributed by atoms with Crippen LogP contribution >= 0.6 is 11.8 Å². The largest absolute Gasteiger partial charge is 0.468 e. The minimum atomic E-state index is -0.0948. The highest BCUT2D eigenvalue weighted by Crippen LogP contribution is 2.30. The molecule has 4 heterocycles. The van der Waals surface area contributed by atoms with Crippen molar-refractivity contribution in [1.29, 1.82) is 0 Å². The Balaban J connectivity index is 1.16. The molecule has 1 fully saturated rings. The topological polar surface area (TPSA) is 93.3 Å². The molecule has 0 aliphatic carbocycles. The summed E-state index contributed by atoms with van der Waals surface area (Å²) in [6.45, 7) is 3.78. The van der Waals surface area contributed by atoms with E-state index in [1.165, 1.54) is 0 Å². The van der Waals surface area contributed by atoms with E-state index in [1.807, 2.05) is 71.1 Å². The number of furan rings is 1. The van der Waals surface area contributed by atoms with Gasteiger partial charge in [0.05, 0.1) is 29.6 Å². The Labute approximate surface area is 226 Å². The van der Waals surface area contributed by atoms with Crippen LogP contribution in [0.2, 0.25) is 0 Å². The lowest BCUT2D eigenvalue weighted by Crippen LogP contribution is -2.38. The maximum absolute atomic E-state index is 13.1. The Kier molecular flexibility index (Phi) is 8.23. The van der Waals surface area contributed by atoms with E-state index in [9.17, 15) is 9.59 Å². The van der Waals surface area contributed by atoms with E-state index in [4.69, 9.17) is 9.40 Å². The average molecular weight is 530 g/mol. The van der Waals surface area contributed by atoms with Gasteiger partial charge in [-0.1, -0.05) is 0 Å². The lowest BCUT2D eigenvalue weighted by molar-refractivity contribution is 0.0710. The number of carbonyl (C=O) groups is 2. The van der Waals surface area contributed by atoms with Gasteiger partial charge in [-0.15, -0.1) is 0 Å². The number of thioether (sulfide) groups is 1. The van der Waals surface area contributed by atoms with Crippen LogP contribution in [0.3, 0.4) is 0 Å². The number of hydrogen-bond acceptors (Lipinski definition) is 6. The zero-order chi connectivity index (χ0) is 26.3. The molecular weight excluding hydrogens is 498 g/mol. The van der Waals surface area contributed by atoms with Crippen LogP contribution in [0.15, 0.2) is 77.9 Å². The predicted molar refractivity (Wildman–Crippen MR) is 148 cm³/mol. The van der Waals surface area contributed by atoms with E-state index in [2.05, 4.69) is 10.3 Å². The Morgan fingerprint density at radius 1 is 1.11 bits per heavy atom. The van der Waals surface area contributed by atoms with Gasteiger partial charge in [-0.25, -0.2) is 4.98 Å². The summed E-state index contributed by atoms with van der Waals surface area (Å²) in [5, 5.41) is 3.04. The normalized spacial score (nSPS) is 14.0. The van der Waals surface area contributed by atoms with Crippen molar-refractivity contribution in [2.75, 3.05) is 25.4 Å². The predicted octanol–water partition coefficient (Wildman–Crippen LogP) is 4.85. The number of imidazole rings is 1. The van der Waals surface area contributed by atoms with Gasteiger partial charge in [0.1, 0.15) is 5.76 Å².